The van der Waals surface area contributed by atoms with Crippen LogP contribution in [0.2, 0.25) is 0 Å². The van der Waals surface area contributed by atoms with Gasteiger partial charge in [-0.15, -0.1) is 0 Å². The molecule has 0 aromatic heterocycles. The van der Waals surface area contributed by atoms with E-state index in [1.54, 1.807) is 0 Å². The van der Waals surface area contributed by atoms with Crippen LogP contribution in [0.25, 0.3) is 0 Å². The van der Waals surface area contributed by atoms with Crippen LogP contribution in [-0.4, -0.2) is 5.97 Å². The van der Waals surface area contributed by atoms with E-state index in [9.17, 15) is 4.79 Å². The lowest BCUT2D eigenvalue weighted by atomic mass is 9.76. The first-order valence-electron chi connectivity index (χ1n) is 7.92. The van der Waals surface area contributed by atoms with E-state index >= 15 is 0 Å². The van der Waals surface area contributed by atoms with Gasteiger partial charge in [-0.05, 0) is 30.7 Å². The Morgan fingerprint density at radius 3 is 2.08 bits per heavy atom. The maximum absolute atomic E-state index is 12.6. The molecule has 0 radical (unpaired) electrons. The summed E-state index contributed by atoms with van der Waals surface area (Å²) < 4.78 is 12.1. The maximum Gasteiger partial charge on any atom is 0.340 e. The van der Waals surface area contributed by atoms with Crippen LogP contribution in [0, 0.1) is 6.92 Å². The van der Waals surface area contributed by atoms with Gasteiger partial charge in [0.15, 0.2) is 5.60 Å². The summed E-state index contributed by atoms with van der Waals surface area (Å²) in [5.74, 6) is 1.15. The Hall–Kier alpha value is -3.07. The number of fused-ring (bicyclic) bond motifs is 6. The van der Waals surface area contributed by atoms with Crippen LogP contribution < -0.4 is 4.74 Å². The molecule has 1 spiro atoms. The van der Waals surface area contributed by atoms with Crippen molar-refractivity contribution in [2.24, 2.45) is 0 Å². The molecule has 0 saturated carbocycles. The second kappa shape index (κ2) is 4.48. The number of hydrogen-bond acceptors (Lipinski definition) is 3. The Morgan fingerprint density at radius 1 is 0.792 bits per heavy atom. The van der Waals surface area contributed by atoms with Gasteiger partial charge in [0.05, 0.1) is 5.56 Å². The Bertz CT molecular complexity index is 958. The van der Waals surface area contributed by atoms with Crippen molar-refractivity contribution in [2.45, 2.75) is 12.5 Å². The fourth-order valence-electron chi connectivity index (χ4n) is 3.89. The second-order valence-electron chi connectivity index (χ2n) is 6.16. The molecule has 2 heterocycles. The molecule has 116 valence electrons. The van der Waals surface area contributed by atoms with E-state index < -0.39 is 5.60 Å². The number of hydrogen-bond donors (Lipinski definition) is 0. The molecule has 24 heavy (non-hydrogen) atoms. The van der Waals surface area contributed by atoms with Gasteiger partial charge in [-0.1, -0.05) is 48.5 Å². The standard InChI is InChI=1S/C21H14O3/c1-13-7-6-8-14-19(13)21(24-20(14)22)15-9-2-4-11-17(15)23-18-12-5-3-10-16(18)21/h2-12H,1H3. The summed E-state index contributed by atoms with van der Waals surface area (Å²) in [6.45, 7) is 2.02. The number of para-hydroxylation sites is 2. The highest BCUT2D eigenvalue weighted by Gasteiger charge is 2.53. The number of benzene rings is 3. The molecule has 0 amide bonds. The number of aryl methyl sites for hydroxylation is 1. The van der Waals surface area contributed by atoms with Crippen molar-refractivity contribution in [3.63, 3.8) is 0 Å². The van der Waals surface area contributed by atoms with Crippen LogP contribution >= 0.6 is 0 Å². The molecule has 0 aliphatic carbocycles. The van der Waals surface area contributed by atoms with Crippen molar-refractivity contribution in [1.82, 2.24) is 0 Å². The van der Waals surface area contributed by atoms with Crippen LogP contribution in [0.15, 0.2) is 66.7 Å². The first-order chi connectivity index (χ1) is 11.7. The second-order valence-corrected chi connectivity index (χ2v) is 6.16. The topological polar surface area (TPSA) is 35.5 Å². The zero-order valence-corrected chi connectivity index (χ0v) is 13.1. The van der Waals surface area contributed by atoms with Crippen molar-refractivity contribution in [3.05, 3.63) is 94.5 Å². The zero-order valence-electron chi connectivity index (χ0n) is 13.1. The molecule has 0 bridgehead atoms. The minimum Gasteiger partial charge on any atom is -0.456 e. The molecule has 0 saturated heterocycles. The minimum atomic E-state index is -0.941. The molecular weight excluding hydrogens is 300 g/mol. The van der Waals surface area contributed by atoms with Crippen molar-refractivity contribution in [2.75, 3.05) is 0 Å². The Morgan fingerprint density at radius 2 is 1.42 bits per heavy atom. The highest BCUT2D eigenvalue weighted by Crippen LogP contribution is 2.56. The molecular formula is C21H14O3. The van der Waals surface area contributed by atoms with Crippen LogP contribution in [0.1, 0.15) is 32.6 Å². The molecule has 0 atom stereocenters. The minimum absolute atomic E-state index is 0.291. The van der Waals surface area contributed by atoms with Gasteiger partial charge in [-0.3, -0.25) is 0 Å². The highest BCUT2D eigenvalue weighted by atomic mass is 16.6. The quantitative estimate of drug-likeness (QED) is 0.571. The number of carbonyl (C=O) groups excluding carboxylic acids is 1. The predicted molar refractivity (Wildman–Crippen MR) is 89.4 cm³/mol. The largest absolute Gasteiger partial charge is 0.456 e. The molecule has 2 aliphatic rings. The molecule has 5 rings (SSSR count). The average Bonchev–Trinajstić information content (AvgIpc) is 2.90. The third kappa shape index (κ3) is 1.49. The fraction of sp³-hybridized carbons (Fsp3) is 0.0952. The van der Waals surface area contributed by atoms with Gasteiger partial charge < -0.3 is 9.47 Å². The average molecular weight is 314 g/mol. The highest BCUT2D eigenvalue weighted by molar-refractivity contribution is 5.97. The van der Waals surface area contributed by atoms with E-state index in [4.69, 9.17) is 9.47 Å². The SMILES string of the molecule is Cc1cccc2c1C1(OC2=O)c2ccccc2Oc2ccccc21. The normalized spacial score (nSPS) is 16.0. The van der Waals surface area contributed by atoms with Gasteiger partial charge >= 0.3 is 5.97 Å². The Kier molecular flexibility index (Phi) is 2.50. The van der Waals surface area contributed by atoms with E-state index in [1.165, 1.54) is 0 Å². The smallest absolute Gasteiger partial charge is 0.340 e. The van der Waals surface area contributed by atoms with Crippen molar-refractivity contribution in [1.29, 1.82) is 0 Å². The van der Waals surface area contributed by atoms with E-state index in [1.807, 2.05) is 73.7 Å². The molecule has 2 aliphatic heterocycles. The summed E-state index contributed by atoms with van der Waals surface area (Å²) in [7, 11) is 0. The lowest BCUT2D eigenvalue weighted by molar-refractivity contribution is 0.0223. The van der Waals surface area contributed by atoms with Crippen LogP contribution in [-0.2, 0) is 10.3 Å². The van der Waals surface area contributed by atoms with E-state index in [2.05, 4.69) is 0 Å². The molecule has 0 unspecified atom stereocenters. The first-order valence-corrected chi connectivity index (χ1v) is 7.92. The number of esters is 1. The first kappa shape index (κ1) is 13.4. The molecule has 3 nitrogen and oxygen atoms in total. The summed E-state index contributed by atoms with van der Waals surface area (Å²) in [4.78, 5) is 12.6. The third-order valence-corrected chi connectivity index (χ3v) is 4.84. The fourth-order valence-corrected chi connectivity index (χ4v) is 3.89. The van der Waals surface area contributed by atoms with Gasteiger partial charge in [0.2, 0.25) is 0 Å². The zero-order chi connectivity index (χ0) is 16.3. The molecule has 0 N–H and O–H groups in total. The lowest BCUT2D eigenvalue weighted by Crippen LogP contribution is -2.33. The third-order valence-electron chi connectivity index (χ3n) is 4.84. The van der Waals surface area contributed by atoms with Gasteiger partial charge in [0, 0.05) is 16.7 Å². The summed E-state index contributed by atoms with van der Waals surface area (Å²) in [6.07, 6.45) is 0. The van der Waals surface area contributed by atoms with E-state index in [0.717, 1.165) is 33.8 Å². The summed E-state index contributed by atoms with van der Waals surface area (Å²) in [5, 5.41) is 0. The molecule has 0 fully saturated rings. The molecule has 3 aromatic carbocycles. The van der Waals surface area contributed by atoms with Gasteiger partial charge in [-0.25, -0.2) is 4.79 Å². The monoisotopic (exact) mass is 314 g/mol. The van der Waals surface area contributed by atoms with Gasteiger partial charge in [0.25, 0.3) is 0 Å². The summed E-state index contributed by atoms with van der Waals surface area (Å²) >= 11 is 0. The number of carbonyl (C=O) groups is 1. The maximum atomic E-state index is 12.6. The van der Waals surface area contributed by atoms with Crippen molar-refractivity contribution >= 4 is 5.97 Å². The summed E-state index contributed by atoms with van der Waals surface area (Å²) in [5.41, 5.74) is 3.36. The van der Waals surface area contributed by atoms with E-state index in [-0.39, 0.29) is 5.97 Å². The van der Waals surface area contributed by atoms with Gasteiger partial charge in [0.1, 0.15) is 11.5 Å². The van der Waals surface area contributed by atoms with Crippen LogP contribution in [0.3, 0.4) is 0 Å². The van der Waals surface area contributed by atoms with Gasteiger partial charge in [-0.2, -0.15) is 0 Å². The molecule has 3 heteroatoms. The van der Waals surface area contributed by atoms with Crippen molar-refractivity contribution in [3.8, 4) is 11.5 Å². The van der Waals surface area contributed by atoms with Crippen LogP contribution in [0.5, 0.6) is 11.5 Å². The lowest BCUT2D eigenvalue weighted by Gasteiger charge is -2.37. The summed E-state index contributed by atoms with van der Waals surface area (Å²) in [6, 6.07) is 21.3. The Labute approximate surface area is 139 Å². The molecule has 3 aromatic rings. The number of rotatable bonds is 0. The Balaban J connectivity index is 1.96. The van der Waals surface area contributed by atoms with Crippen LogP contribution in [0.4, 0.5) is 0 Å². The predicted octanol–water partition coefficient (Wildman–Crippen LogP) is 4.56. The van der Waals surface area contributed by atoms with Crippen molar-refractivity contribution < 1.29 is 14.3 Å². The van der Waals surface area contributed by atoms with E-state index in [0.29, 0.717) is 5.56 Å². The number of ether oxygens (including phenoxy) is 2.